The van der Waals surface area contributed by atoms with Crippen LogP contribution < -0.4 is 14.9 Å². The van der Waals surface area contributed by atoms with Crippen molar-refractivity contribution in [2.24, 2.45) is 0 Å². The molecule has 5 heterocycles. The van der Waals surface area contributed by atoms with Gasteiger partial charge in [0.25, 0.3) is 5.91 Å². The number of carbonyl (C=O) groups excluding carboxylic acids is 1. The summed E-state index contributed by atoms with van der Waals surface area (Å²) >= 11 is 0. The fourth-order valence-electron chi connectivity index (χ4n) is 5.16. The molecule has 2 fully saturated rings. The molecule has 10 nitrogen and oxygen atoms in total. The summed E-state index contributed by atoms with van der Waals surface area (Å²) in [6.45, 7) is 6.75. The molecule has 0 radical (unpaired) electrons. The number of nitrogens with zero attached hydrogens (tertiary/aromatic N) is 8. The largest absolute Gasteiger partial charge is 0.378 e. The summed E-state index contributed by atoms with van der Waals surface area (Å²) in [7, 11) is 0. The third-order valence-electron chi connectivity index (χ3n) is 7.21. The van der Waals surface area contributed by atoms with E-state index in [9.17, 15) is 4.79 Å². The van der Waals surface area contributed by atoms with Crippen molar-refractivity contribution in [3.05, 3.63) is 72.6 Å². The van der Waals surface area contributed by atoms with Crippen LogP contribution in [-0.2, 0) is 4.74 Å². The van der Waals surface area contributed by atoms with Crippen LogP contribution >= 0.6 is 0 Å². The number of rotatable bonds is 5. The molecule has 2 saturated heterocycles. The van der Waals surface area contributed by atoms with Gasteiger partial charge in [0.2, 0.25) is 5.82 Å². The zero-order valence-corrected chi connectivity index (χ0v) is 21.7. The number of pyridine rings is 2. The van der Waals surface area contributed by atoms with Crippen LogP contribution in [0.2, 0.25) is 0 Å². The lowest BCUT2D eigenvalue weighted by Gasteiger charge is -2.36. The first kappa shape index (κ1) is 24.9. The van der Waals surface area contributed by atoms with Gasteiger partial charge >= 0.3 is 0 Å². The molecular weight excluding hydrogens is 499 g/mol. The van der Waals surface area contributed by atoms with E-state index in [0.29, 0.717) is 72.6 Å². The van der Waals surface area contributed by atoms with Crippen molar-refractivity contribution < 1.29 is 14.0 Å². The quantitative estimate of drug-likeness (QED) is 0.361. The van der Waals surface area contributed by atoms with E-state index >= 15 is 4.48 Å². The molecule has 1 aromatic carbocycles. The van der Waals surface area contributed by atoms with Gasteiger partial charge in [-0.25, -0.2) is 15.0 Å². The van der Waals surface area contributed by atoms with Crippen LogP contribution in [0.1, 0.15) is 16.2 Å². The zero-order valence-electron chi connectivity index (χ0n) is 21.7. The summed E-state index contributed by atoms with van der Waals surface area (Å²) in [4.78, 5) is 36.3. The Morgan fingerprint density at radius 1 is 0.949 bits per heavy atom. The third-order valence-corrected chi connectivity index (χ3v) is 7.21. The molecule has 0 spiro atoms. The van der Waals surface area contributed by atoms with Crippen LogP contribution in [0.15, 0.2) is 61.2 Å². The van der Waals surface area contributed by atoms with Gasteiger partial charge in [0.1, 0.15) is 5.82 Å². The number of benzene rings is 1. The fraction of sp³-hybridized carbons (Fsp3) is 0.321. The van der Waals surface area contributed by atoms with Crippen LogP contribution in [0.4, 0.5) is 27.4 Å². The van der Waals surface area contributed by atoms with Gasteiger partial charge in [-0.2, -0.15) is 5.12 Å². The molecule has 200 valence electrons. The molecule has 0 N–H and O–H groups in total. The number of morpholine rings is 1. The van der Waals surface area contributed by atoms with Gasteiger partial charge in [-0.15, -0.1) is 0 Å². The summed E-state index contributed by atoms with van der Waals surface area (Å²) in [5.74, 6) is 0.697. The van der Waals surface area contributed by atoms with Gasteiger partial charge in [-0.1, -0.05) is 22.7 Å². The minimum atomic E-state index is -0.193. The lowest BCUT2D eigenvalue weighted by molar-refractivity contribution is 0.0734. The number of halogens is 1. The Kier molecular flexibility index (Phi) is 6.89. The van der Waals surface area contributed by atoms with Crippen molar-refractivity contribution in [3.8, 4) is 0 Å². The lowest BCUT2D eigenvalue weighted by Crippen LogP contribution is -2.49. The molecule has 2 aliphatic heterocycles. The number of para-hydroxylation sites is 1. The standard InChI is InChI=1S/C28H29FN8O2/c1-20-25(37(29)22-17-21(18-30-19-22)34-13-15-39-16-14-34)23-5-2-3-6-24(23)33-27(20)35-9-11-36(12-10-35)28(38)26-31-7-4-8-32-26/h2-8,17-19H,9-16H2,1H3. The van der Waals surface area contributed by atoms with Crippen LogP contribution in [-0.4, -0.2) is 83.2 Å². The Morgan fingerprint density at radius 2 is 1.69 bits per heavy atom. The van der Waals surface area contributed by atoms with E-state index in [4.69, 9.17) is 9.72 Å². The van der Waals surface area contributed by atoms with Crippen molar-refractivity contribution in [1.82, 2.24) is 24.8 Å². The van der Waals surface area contributed by atoms with E-state index in [-0.39, 0.29) is 11.7 Å². The maximum absolute atomic E-state index is 16.3. The predicted molar refractivity (Wildman–Crippen MR) is 147 cm³/mol. The van der Waals surface area contributed by atoms with Gasteiger partial charge in [-0.3, -0.25) is 9.78 Å². The van der Waals surface area contributed by atoms with Crippen molar-refractivity contribution in [3.63, 3.8) is 0 Å². The Bertz CT molecular complexity index is 1470. The summed E-state index contributed by atoms with van der Waals surface area (Å²) in [5, 5.41) is 1.43. The molecule has 39 heavy (non-hydrogen) atoms. The van der Waals surface area contributed by atoms with E-state index in [2.05, 4.69) is 24.8 Å². The smallest absolute Gasteiger partial charge is 0.291 e. The summed E-state index contributed by atoms with van der Waals surface area (Å²) < 4.78 is 21.8. The minimum absolute atomic E-state index is 0.189. The van der Waals surface area contributed by atoms with Gasteiger partial charge in [0.15, 0.2) is 0 Å². The topological polar surface area (TPSA) is 90.8 Å². The van der Waals surface area contributed by atoms with Crippen LogP contribution in [0, 0.1) is 6.92 Å². The van der Waals surface area contributed by atoms with E-state index < -0.39 is 0 Å². The number of aromatic nitrogens is 4. The number of carbonyl (C=O) groups is 1. The number of piperazine rings is 1. The molecule has 0 bridgehead atoms. The van der Waals surface area contributed by atoms with E-state index in [1.165, 1.54) is 6.20 Å². The first-order valence-electron chi connectivity index (χ1n) is 13.0. The number of ether oxygens (including phenoxy) is 1. The van der Waals surface area contributed by atoms with Crippen molar-refractivity contribution >= 4 is 39.7 Å². The molecule has 0 saturated carbocycles. The highest BCUT2D eigenvalue weighted by atomic mass is 19.2. The molecule has 3 aromatic heterocycles. The molecule has 2 aliphatic rings. The first-order chi connectivity index (χ1) is 19.1. The second-order valence-corrected chi connectivity index (χ2v) is 9.56. The molecule has 11 heteroatoms. The van der Waals surface area contributed by atoms with Gasteiger partial charge < -0.3 is 19.4 Å². The highest BCUT2D eigenvalue weighted by Gasteiger charge is 2.28. The first-order valence-corrected chi connectivity index (χ1v) is 13.0. The summed E-state index contributed by atoms with van der Waals surface area (Å²) in [6.07, 6.45) is 6.42. The van der Waals surface area contributed by atoms with Crippen molar-refractivity contribution in [2.75, 3.05) is 67.4 Å². The number of hydrogen-bond acceptors (Lipinski definition) is 9. The molecule has 0 atom stereocenters. The van der Waals surface area contributed by atoms with Gasteiger partial charge in [-0.05, 0) is 25.1 Å². The monoisotopic (exact) mass is 528 g/mol. The Hall–Kier alpha value is -4.38. The van der Waals surface area contributed by atoms with Gasteiger partial charge in [0.05, 0.1) is 48.2 Å². The summed E-state index contributed by atoms with van der Waals surface area (Å²) in [6, 6.07) is 11.1. The van der Waals surface area contributed by atoms with E-state index in [0.717, 1.165) is 24.3 Å². The van der Waals surface area contributed by atoms with E-state index in [1.54, 1.807) is 29.6 Å². The van der Waals surface area contributed by atoms with Gasteiger partial charge in [0, 0.05) is 62.6 Å². The fourth-order valence-corrected chi connectivity index (χ4v) is 5.16. The summed E-state index contributed by atoms with van der Waals surface area (Å²) in [5.41, 5.74) is 3.07. The number of hydrogen-bond donors (Lipinski definition) is 0. The maximum atomic E-state index is 16.3. The highest BCUT2D eigenvalue weighted by molar-refractivity contribution is 5.97. The average molecular weight is 529 g/mol. The van der Waals surface area contributed by atoms with Crippen LogP contribution in [0.5, 0.6) is 0 Å². The van der Waals surface area contributed by atoms with Crippen molar-refractivity contribution in [1.29, 1.82) is 0 Å². The molecule has 1 amide bonds. The SMILES string of the molecule is Cc1c(N2CCN(C(=O)c3ncccn3)CC2)nc2ccccc2c1N(F)c1cncc(N2CCOCC2)c1. The zero-order chi connectivity index (χ0) is 26.8. The molecule has 4 aromatic rings. The third kappa shape index (κ3) is 4.92. The molecule has 0 unspecified atom stereocenters. The average Bonchev–Trinajstić information content (AvgIpc) is 3.01. The van der Waals surface area contributed by atoms with Crippen molar-refractivity contribution in [2.45, 2.75) is 6.92 Å². The number of fused-ring (bicyclic) bond motifs is 1. The highest BCUT2D eigenvalue weighted by Crippen LogP contribution is 2.40. The normalized spacial score (nSPS) is 16.0. The molecule has 0 aliphatic carbocycles. The Morgan fingerprint density at radius 3 is 2.46 bits per heavy atom. The molecular formula is C28H29FN8O2. The van der Waals surface area contributed by atoms with Crippen LogP contribution in [0.25, 0.3) is 10.9 Å². The van der Waals surface area contributed by atoms with Crippen LogP contribution in [0.3, 0.4) is 0 Å². The lowest BCUT2D eigenvalue weighted by atomic mass is 10.1. The maximum Gasteiger partial charge on any atom is 0.291 e. The Balaban J connectivity index is 1.30. The second-order valence-electron chi connectivity index (χ2n) is 9.56. The molecule has 6 rings (SSSR count). The predicted octanol–water partition coefficient (Wildman–Crippen LogP) is 3.55. The second kappa shape index (κ2) is 10.8. The Labute approximate surface area is 225 Å². The number of amides is 1. The minimum Gasteiger partial charge on any atom is -0.378 e. The number of anilines is 4. The van der Waals surface area contributed by atoms with E-state index in [1.807, 2.05) is 37.3 Å².